The van der Waals surface area contributed by atoms with Crippen LogP contribution in [0.25, 0.3) is 0 Å². The van der Waals surface area contributed by atoms with Crippen molar-refractivity contribution in [3.05, 3.63) is 34.9 Å². The Morgan fingerprint density at radius 1 is 1.32 bits per heavy atom. The van der Waals surface area contributed by atoms with Crippen LogP contribution in [0.15, 0.2) is 18.2 Å². The van der Waals surface area contributed by atoms with Crippen LogP contribution in [-0.4, -0.2) is 29.0 Å². The number of hydrogen-bond donors (Lipinski definition) is 1. The minimum Gasteiger partial charge on any atom is -0.479 e. The van der Waals surface area contributed by atoms with Crippen LogP contribution in [-0.2, 0) is 15.3 Å². The Balaban J connectivity index is 1.76. The van der Waals surface area contributed by atoms with Crippen LogP contribution in [0, 0.1) is 13.8 Å². The molecule has 1 fully saturated rings. The van der Waals surface area contributed by atoms with Gasteiger partial charge < -0.3 is 9.84 Å². The monoisotopic (exact) mass is 280 g/mol. The fourth-order valence-electron chi connectivity index (χ4n) is 2.47. The highest BCUT2D eigenvalue weighted by molar-refractivity contribution is 7.98. The van der Waals surface area contributed by atoms with Crippen molar-refractivity contribution in [2.24, 2.45) is 0 Å². The minimum atomic E-state index is -0.832. The van der Waals surface area contributed by atoms with Gasteiger partial charge in [0, 0.05) is 11.5 Å². The topological polar surface area (TPSA) is 46.5 Å². The summed E-state index contributed by atoms with van der Waals surface area (Å²) in [7, 11) is 0. The molecular formula is C15H20O3S. The van der Waals surface area contributed by atoms with E-state index in [4.69, 9.17) is 9.84 Å². The Labute approximate surface area is 118 Å². The van der Waals surface area contributed by atoms with Gasteiger partial charge in [0.2, 0.25) is 0 Å². The van der Waals surface area contributed by atoms with Gasteiger partial charge in [0.25, 0.3) is 0 Å². The van der Waals surface area contributed by atoms with Gasteiger partial charge in [0.15, 0.2) is 6.10 Å². The summed E-state index contributed by atoms with van der Waals surface area (Å²) in [5.41, 5.74) is 3.91. The summed E-state index contributed by atoms with van der Waals surface area (Å²) in [5.74, 6) is 0.999. The molecule has 1 heterocycles. The second-order valence-corrected chi connectivity index (χ2v) is 6.20. The van der Waals surface area contributed by atoms with E-state index in [-0.39, 0.29) is 6.10 Å². The third-order valence-corrected chi connectivity index (χ3v) is 4.38. The largest absolute Gasteiger partial charge is 0.479 e. The molecule has 1 N–H and O–H groups in total. The first kappa shape index (κ1) is 14.4. The fraction of sp³-hybridized carbons (Fsp3) is 0.533. The Morgan fingerprint density at radius 2 is 2.00 bits per heavy atom. The van der Waals surface area contributed by atoms with E-state index >= 15 is 0 Å². The first-order valence-corrected chi connectivity index (χ1v) is 7.73. The van der Waals surface area contributed by atoms with Gasteiger partial charge in [0.1, 0.15) is 0 Å². The molecule has 19 heavy (non-hydrogen) atoms. The number of aliphatic carboxylic acids is 1. The maximum absolute atomic E-state index is 10.8. The Bertz CT molecular complexity index is 438. The number of carboxylic acid groups (broad SMARTS) is 1. The summed E-state index contributed by atoms with van der Waals surface area (Å²) in [4.78, 5) is 10.8. The predicted octanol–water partition coefficient (Wildman–Crippen LogP) is 3.17. The molecule has 1 aromatic rings. The van der Waals surface area contributed by atoms with Crippen LogP contribution in [0.4, 0.5) is 0 Å². The Hall–Kier alpha value is -1.00. The van der Waals surface area contributed by atoms with E-state index in [1.165, 1.54) is 16.7 Å². The van der Waals surface area contributed by atoms with E-state index in [0.717, 1.165) is 17.9 Å². The summed E-state index contributed by atoms with van der Waals surface area (Å²) in [6.07, 6.45) is 1.00. The second kappa shape index (κ2) is 6.44. The van der Waals surface area contributed by atoms with Gasteiger partial charge in [-0.15, -0.1) is 0 Å². The minimum absolute atomic E-state index is 0.0945. The summed E-state index contributed by atoms with van der Waals surface area (Å²) in [6, 6.07) is 6.58. The van der Waals surface area contributed by atoms with Crippen molar-refractivity contribution in [1.82, 2.24) is 0 Å². The molecule has 0 saturated carbocycles. The summed E-state index contributed by atoms with van der Waals surface area (Å²) in [5, 5.41) is 8.86. The zero-order valence-electron chi connectivity index (χ0n) is 11.4. The van der Waals surface area contributed by atoms with Gasteiger partial charge in [-0.05, 0) is 32.3 Å². The molecule has 1 aliphatic rings. The van der Waals surface area contributed by atoms with Crippen molar-refractivity contribution in [2.45, 2.75) is 44.6 Å². The molecule has 104 valence electrons. The number of rotatable bonds is 5. The average Bonchev–Trinajstić information content (AvgIpc) is 2.76. The average molecular weight is 280 g/mol. The molecule has 3 nitrogen and oxygen atoms in total. The van der Waals surface area contributed by atoms with Crippen LogP contribution in [0.1, 0.15) is 29.5 Å². The lowest BCUT2D eigenvalue weighted by Crippen LogP contribution is -2.21. The number of carbonyl (C=O) groups is 1. The van der Waals surface area contributed by atoms with Gasteiger partial charge in [-0.1, -0.05) is 29.3 Å². The number of carboxylic acids is 1. The number of benzene rings is 1. The molecule has 2 atom stereocenters. The highest BCUT2D eigenvalue weighted by Gasteiger charge is 2.30. The van der Waals surface area contributed by atoms with E-state index in [1.807, 2.05) is 11.8 Å². The van der Waals surface area contributed by atoms with Crippen molar-refractivity contribution < 1.29 is 14.6 Å². The highest BCUT2D eigenvalue weighted by Crippen LogP contribution is 2.25. The molecule has 1 aromatic carbocycles. The third kappa shape index (κ3) is 4.25. The van der Waals surface area contributed by atoms with Gasteiger partial charge in [-0.25, -0.2) is 4.79 Å². The molecule has 2 unspecified atom stereocenters. The number of hydrogen-bond acceptors (Lipinski definition) is 3. The molecule has 4 heteroatoms. The molecule has 0 amide bonds. The highest BCUT2D eigenvalue weighted by atomic mass is 32.2. The van der Waals surface area contributed by atoms with Crippen molar-refractivity contribution >= 4 is 17.7 Å². The molecule has 0 radical (unpaired) electrons. The van der Waals surface area contributed by atoms with E-state index in [2.05, 4.69) is 32.0 Å². The van der Waals surface area contributed by atoms with Crippen LogP contribution >= 0.6 is 11.8 Å². The summed E-state index contributed by atoms with van der Waals surface area (Å²) >= 11 is 1.82. The quantitative estimate of drug-likeness (QED) is 0.900. The lowest BCUT2D eigenvalue weighted by Gasteiger charge is -2.11. The molecule has 1 aliphatic heterocycles. The zero-order chi connectivity index (χ0) is 13.8. The van der Waals surface area contributed by atoms with E-state index in [1.54, 1.807) is 0 Å². The number of thioether (sulfide) groups is 1. The van der Waals surface area contributed by atoms with Gasteiger partial charge in [0.05, 0.1) is 6.10 Å². The maximum atomic E-state index is 10.8. The van der Waals surface area contributed by atoms with Crippen LogP contribution in [0.5, 0.6) is 0 Å². The van der Waals surface area contributed by atoms with Gasteiger partial charge in [-0.3, -0.25) is 0 Å². The van der Waals surface area contributed by atoms with Crippen LogP contribution in [0.2, 0.25) is 0 Å². The van der Waals surface area contributed by atoms with Crippen molar-refractivity contribution in [2.75, 3.05) is 5.75 Å². The summed E-state index contributed by atoms with van der Waals surface area (Å²) < 4.78 is 5.49. The smallest absolute Gasteiger partial charge is 0.332 e. The molecule has 0 bridgehead atoms. The number of ether oxygens (including phenoxy) is 1. The fourth-order valence-corrected chi connectivity index (χ4v) is 3.50. The van der Waals surface area contributed by atoms with Gasteiger partial charge >= 0.3 is 5.97 Å². The standard InChI is InChI=1S/C15H20O3S/c1-10-5-11(2)7-12(6-10)8-19-9-13-3-4-14(18-13)15(16)17/h5-7,13-14H,3-4,8-9H2,1-2H3,(H,16,17). The summed E-state index contributed by atoms with van der Waals surface area (Å²) in [6.45, 7) is 4.22. The molecule has 0 aromatic heterocycles. The van der Waals surface area contributed by atoms with Crippen molar-refractivity contribution in [1.29, 1.82) is 0 Å². The van der Waals surface area contributed by atoms with Crippen molar-refractivity contribution in [3.8, 4) is 0 Å². The molecule has 2 rings (SSSR count). The van der Waals surface area contributed by atoms with Crippen molar-refractivity contribution in [3.63, 3.8) is 0 Å². The van der Waals surface area contributed by atoms with E-state index in [0.29, 0.717) is 6.42 Å². The first-order valence-electron chi connectivity index (χ1n) is 6.58. The van der Waals surface area contributed by atoms with Crippen LogP contribution in [0.3, 0.4) is 0 Å². The first-order chi connectivity index (χ1) is 9.04. The zero-order valence-corrected chi connectivity index (χ0v) is 12.2. The Kier molecular flexibility index (Phi) is 4.88. The lowest BCUT2D eigenvalue weighted by molar-refractivity contribution is -0.148. The predicted molar refractivity (Wildman–Crippen MR) is 77.6 cm³/mol. The van der Waals surface area contributed by atoms with E-state index < -0.39 is 12.1 Å². The SMILES string of the molecule is Cc1cc(C)cc(CSCC2CCC(C(=O)O)O2)c1. The van der Waals surface area contributed by atoms with Crippen LogP contribution < -0.4 is 0 Å². The molecular weight excluding hydrogens is 260 g/mol. The second-order valence-electron chi connectivity index (χ2n) is 5.17. The third-order valence-electron chi connectivity index (χ3n) is 3.24. The van der Waals surface area contributed by atoms with E-state index in [9.17, 15) is 4.79 Å². The molecule has 0 aliphatic carbocycles. The molecule has 0 spiro atoms. The number of aryl methyl sites for hydroxylation is 2. The lowest BCUT2D eigenvalue weighted by atomic mass is 10.1. The van der Waals surface area contributed by atoms with Gasteiger partial charge in [-0.2, -0.15) is 11.8 Å². The Morgan fingerprint density at radius 3 is 2.58 bits per heavy atom. The maximum Gasteiger partial charge on any atom is 0.332 e. The molecule has 1 saturated heterocycles. The normalized spacial score (nSPS) is 22.6.